The summed E-state index contributed by atoms with van der Waals surface area (Å²) in [6.45, 7) is 0.799. The van der Waals surface area contributed by atoms with E-state index in [0.717, 1.165) is 22.3 Å². The second kappa shape index (κ2) is 23.7. The van der Waals surface area contributed by atoms with Crippen molar-refractivity contribution in [3.05, 3.63) is 116 Å². The number of likely N-dealkylation sites (tertiary alicyclic amines) is 2. The highest BCUT2D eigenvalue weighted by Gasteiger charge is 2.33. The van der Waals surface area contributed by atoms with E-state index in [2.05, 4.69) is 42.8 Å². The smallest absolute Gasteiger partial charge is 0.315 e. The van der Waals surface area contributed by atoms with Crippen LogP contribution in [0.3, 0.4) is 0 Å². The fourth-order valence-corrected chi connectivity index (χ4v) is 12.5. The van der Waals surface area contributed by atoms with Gasteiger partial charge in [-0.15, -0.1) is 0 Å². The minimum atomic E-state index is -3.92. The first-order valence-corrected chi connectivity index (χ1v) is 27.8. The summed E-state index contributed by atoms with van der Waals surface area (Å²) in [7, 11) is -7.85. The van der Waals surface area contributed by atoms with Crippen molar-refractivity contribution in [3.63, 3.8) is 0 Å². The van der Waals surface area contributed by atoms with E-state index in [1.165, 1.54) is 34.1 Å². The number of benzene rings is 4. The molecular formula is C50H54Cl2N10O10S2. The van der Waals surface area contributed by atoms with E-state index < -0.39 is 44.2 Å². The topological polar surface area (TPSA) is 281 Å². The molecule has 0 aromatic heterocycles. The highest BCUT2D eigenvalue weighted by Crippen LogP contribution is 2.40. The van der Waals surface area contributed by atoms with E-state index in [1.54, 1.807) is 48.5 Å². The van der Waals surface area contributed by atoms with E-state index in [0.29, 0.717) is 97.1 Å². The molecule has 0 bridgehead atoms. The van der Waals surface area contributed by atoms with E-state index in [9.17, 15) is 46.5 Å². The van der Waals surface area contributed by atoms with Crippen molar-refractivity contribution in [2.45, 2.75) is 85.4 Å². The molecule has 2 heterocycles. The summed E-state index contributed by atoms with van der Waals surface area (Å²) in [5, 5.41) is 30.2. The molecule has 0 radical (unpaired) electrons. The molecule has 20 nitrogen and oxygen atoms in total. The lowest BCUT2D eigenvalue weighted by Crippen LogP contribution is -2.45. The van der Waals surface area contributed by atoms with Crippen molar-refractivity contribution in [1.82, 2.24) is 40.5 Å². The first kappa shape index (κ1) is 53.6. The number of sulfonamides is 2. The molecular weight excluding hydrogens is 1040 g/mol. The van der Waals surface area contributed by atoms with Gasteiger partial charge < -0.3 is 40.5 Å². The van der Waals surface area contributed by atoms with Crippen molar-refractivity contribution in [1.29, 1.82) is 10.5 Å². The third-order valence-corrected chi connectivity index (χ3v) is 16.8. The van der Waals surface area contributed by atoms with Crippen molar-refractivity contribution in [2.24, 2.45) is 0 Å². The van der Waals surface area contributed by atoms with Crippen LogP contribution in [0.1, 0.15) is 84.1 Å². The predicted molar refractivity (Wildman–Crippen MR) is 271 cm³/mol. The van der Waals surface area contributed by atoms with Crippen LogP contribution in [0.5, 0.6) is 11.5 Å². The van der Waals surface area contributed by atoms with Gasteiger partial charge in [0.05, 0.1) is 46.1 Å². The second-order valence-corrected chi connectivity index (χ2v) is 22.6. The van der Waals surface area contributed by atoms with Crippen LogP contribution in [0.25, 0.3) is 0 Å². The zero-order chi connectivity index (χ0) is 52.6. The number of urea groups is 2. The average Bonchev–Trinajstić information content (AvgIpc) is 4.21. The number of amides is 6. The van der Waals surface area contributed by atoms with E-state index in [1.807, 2.05) is 0 Å². The summed E-state index contributed by atoms with van der Waals surface area (Å²) < 4.78 is 70.5. The monoisotopic (exact) mass is 1090 g/mol. The molecule has 6 amide bonds. The molecule has 6 N–H and O–H groups in total. The number of nitrogens with one attached hydrogen (secondary N) is 6. The molecule has 390 valence electrons. The maximum Gasteiger partial charge on any atom is 0.315 e. The molecule has 4 atom stereocenters. The van der Waals surface area contributed by atoms with Crippen LogP contribution < -0.4 is 40.2 Å². The number of rotatable bonds is 19. The van der Waals surface area contributed by atoms with Gasteiger partial charge in [-0.3, -0.25) is 9.59 Å². The minimum Gasteiger partial charge on any atom is -0.486 e. The summed E-state index contributed by atoms with van der Waals surface area (Å²) in [6.07, 6.45) is 3.77. The Labute approximate surface area is 439 Å². The van der Waals surface area contributed by atoms with Crippen LogP contribution in [0, 0.1) is 22.7 Å². The van der Waals surface area contributed by atoms with Crippen LogP contribution in [0.4, 0.5) is 9.59 Å². The van der Waals surface area contributed by atoms with Gasteiger partial charge in [-0.1, -0.05) is 23.2 Å². The van der Waals surface area contributed by atoms with E-state index in [-0.39, 0.29) is 73.1 Å². The third-order valence-electron chi connectivity index (χ3n) is 13.3. The summed E-state index contributed by atoms with van der Waals surface area (Å²) in [5.74, 6) is 0.186. The third kappa shape index (κ3) is 13.4. The highest BCUT2D eigenvalue weighted by molar-refractivity contribution is 7.89. The van der Waals surface area contributed by atoms with Gasteiger partial charge >= 0.3 is 12.1 Å². The van der Waals surface area contributed by atoms with Crippen LogP contribution in [0.15, 0.2) is 82.6 Å². The summed E-state index contributed by atoms with van der Waals surface area (Å²) in [5.41, 5.74) is 4.53. The SMILES string of the molecule is N#Cc1cc(Cl)cc2c1CC[C@H]2Oc1ccc(S(=O)(=O)N[C@H]2CCN(C(=O)CNC(=O)NCCCCNC(=O)NCC(=O)N3CC[C@H](NS(=O)(=O)c4ccc(O[C@@H]5CCc6c(C#N)cc(Cl)cc65)cc4)C3)C2)cc1. The Morgan fingerprint density at radius 2 is 0.973 bits per heavy atom. The van der Waals surface area contributed by atoms with Gasteiger partial charge in [0.15, 0.2) is 0 Å². The first-order chi connectivity index (χ1) is 35.5. The number of hydrogen-bond donors (Lipinski definition) is 6. The first-order valence-electron chi connectivity index (χ1n) is 24.1. The molecule has 2 aliphatic carbocycles. The largest absolute Gasteiger partial charge is 0.486 e. The zero-order valence-electron chi connectivity index (χ0n) is 40.0. The number of carbonyl (C=O) groups is 4. The van der Waals surface area contributed by atoms with Gasteiger partial charge in [-0.05, 0) is 146 Å². The number of halogens is 2. The van der Waals surface area contributed by atoms with Gasteiger partial charge in [-0.2, -0.15) is 10.5 Å². The Morgan fingerprint density at radius 1 is 0.581 bits per heavy atom. The van der Waals surface area contributed by atoms with E-state index in [4.69, 9.17) is 32.7 Å². The van der Waals surface area contributed by atoms with Crippen molar-refractivity contribution in [3.8, 4) is 23.6 Å². The number of carbonyl (C=O) groups excluding carboxylic acids is 4. The molecule has 74 heavy (non-hydrogen) atoms. The number of ether oxygens (including phenoxy) is 2. The van der Waals surface area contributed by atoms with Crippen LogP contribution in [0.2, 0.25) is 10.0 Å². The molecule has 0 spiro atoms. The van der Waals surface area contributed by atoms with Gasteiger partial charge in [0.25, 0.3) is 0 Å². The Bertz CT molecular complexity index is 2890. The van der Waals surface area contributed by atoms with Gasteiger partial charge in [0.1, 0.15) is 23.7 Å². The molecule has 4 aliphatic rings. The molecule has 2 aliphatic heterocycles. The fourth-order valence-electron chi connectivity index (χ4n) is 9.53. The molecule has 0 saturated carbocycles. The number of nitrogens with zero attached hydrogens (tertiary/aromatic N) is 4. The summed E-state index contributed by atoms with van der Waals surface area (Å²) in [6, 6.07) is 21.1. The molecule has 4 aromatic carbocycles. The number of hydrogen-bond acceptors (Lipinski definition) is 12. The van der Waals surface area contributed by atoms with Crippen molar-refractivity contribution >= 4 is 67.1 Å². The molecule has 0 unspecified atom stereocenters. The number of fused-ring (bicyclic) bond motifs is 2. The fraction of sp³-hybridized carbons (Fsp3) is 0.400. The standard InChI is InChI=1S/C50H54Cl2N10O10S2/c51-33-21-31(25-53)41-11-13-45(43(41)23-33)71-37-3-7-39(8-4-37)73(67,68)59-35-15-19-61(29-35)47(63)27-57-49(65)55-17-1-2-18-56-50(66)58-28-48(64)62-20-16-36(30-62)60-74(69,70)40-9-5-38(6-10-40)72-46-14-12-42-32(26-54)22-34(52)24-44(42)46/h3-10,21-24,35-36,45-46,59-60H,1-2,11-20,27-30H2,(H2,55,57,65)(H2,56,58,66)/t35-,36-,45+,46+/m0/s1. The maximum atomic E-state index is 13.2. The molecule has 2 saturated heterocycles. The van der Waals surface area contributed by atoms with Crippen LogP contribution >= 0.6 is 23.2 Å². The lowest BCUT2D eigenvalue weighted by atomic mass is 10.0. The molecule has 2 fully saturated rings. The quantitative estimate of drug-likeness (QED) is 0.0697. The Hall–Kier alpha value is -6.66. The lowest BCUT2D eigenvalue weighted by molar-refractivity contribution is -0.129. The molecule has 4 aromatic rings. The van der Waals surface area contributed by atoms with E-state index >= 15 is 0 Å². The van der Waals surface area contributed by atoms with Gasteiger partial charge in [0.2, 0.25) is 31.9 Å². The summed E-state index contributed by atoms with van der Waals surface area (Å²) >= 11 is 12.4. The van der Waals surface area contributed by atoms with Gasteiger partial charge in [-0.25, -0.2) is 35.9 Å². The van der Waals surface area contributed by atoms with Gasteiger partial charge in [0, 0.05) is 61.4 Å². The normalized spacial score (nSPS) is 18.9. The average molecular weight is 1090 g/mol. The summed E-state index contributed by atoms with van der Waals surface area (Å²) in [4.78, 5) is 53.5. The van der Waals surface area contributed by atoms with Crippen molar-refractivity contribution < 1.29 is 45.5 Å². The lowest BCUT2D eigenvalue weighted by Gasteiger charge is -2.18. The predicted octanol–water partition coefficient (Wildman–Crippen LogP) is 4.71. The second-order valence-electron chi connectivity index (χ2n) is 18.3. The Morgan fingerprint density at radius 3 is 1.35 bits per heavy atom. The van der Waals surface area contributed by atoms with Crippen LogP contribution in [-0.4, -0.2) is 115 Å². The molecule has 24 heteroatoms. The maximum absolute atomic E-state index is 13.2. The molecule has 8 rings (SSSR count). The van der Waals surface area contributed by atoms with Crippen LogP contribution in [-0.2, 0) is 42.5 Å². The Balaban J connectivity index is 0.655. The number of unbranched alkanes of at least 4 members (excludes halogenated alkanes) is 1. The number of nitriles is 2. The Kier molecular flexibility index (Phi) is 17.2. The van der Waals surface area contributed by atoms with Crippen molar-refractivity contribution in [2.75, 3.05) is 52.4 Å². The minimum absolute atomic E-state index is 0.0329. The highest BCUT2D eigenvalue weighted by atomic mass is 35.5. The zero-order valence-corrected chi connectivity index (χ0v) is 43.1.